The van der Waals surface area contributed by atoms with Crippen LogP contribution in [0.3, 0.4) is 0 Å². The highest BCUT2D eigenvalue weighted by atomic mass is 16.5. The first kappa shape index (κ1) is 18.0. The molecule has 3 aromatic rings. The number of fused-ring (bicyclic) bond motifs is 1. The molecule has 0 bridgehead atoms. The third-order valence-electron chi connectivity index (χ3n) is 4.39. The number of para-hydroxylation sites is 1. The summed E-state index contributed by atoms with van der Waals surface area (Å²) in [5.74, 6) is 0.553. The third-order valence-corrected chi connectivity index (χ3v) is 4.39. The van der Waals surface area contributed by atoms with Crippen LogP contribution in [0.2, 0.25) is 0 Å². The van der Waals surface area contributed by atoms with Crippen molar-refractivity contribution in [2.24, 2.45) is 0 Å². The maximum atomic E-state index is 12.4. The fourth-order valence-electron chi connectivity index (χ4n) is 2.94. The molecule has 6 heteroatoms. The predicted molar refractivity (Wildman–Crippen MR) is 101 cm³/mol. The SMILES string of the molecule is CCCCCCCCOc1ccc(-n2nc3ccccc3[n+]2[O-])c(O)c1. The highest BCUT2D eigenvalue weighted by Crippen LogP contribution is 2.26. The zero-order valence-corrected chi connectivity index (χ0v) is 15.1. The number of phenolic OH excluding ortho intramolecular Hbond substituents is 1. The molecule has 6 nitrogen and oxygen atoms in total. The number of hydrogen-bond donors (Lipinski definition) is 1. The Balaban J connectivity index is 1.63. The van der Waals surface area contributed by atoms with Crippen LogP contribution in [0.15, 0.2) is 42.5 Å². The van der Waals surface area contributed by atoms with Gasteiger partial charge in [-0.1, -0.05) is 51.2 Å². The Morgan fingerprint density at radius 1 is 1.08 bits per heavy atom. The molecular weight excluding hydrogens is 330 g/mol. The second-order valence-electron chi connectivity index (χ2n) is 6.42. The van der Waals surface area contributed by atoms with Gasteiger partial charge in [-0.15, -0.1) is 4.85 Å². The molecule has 1 heterocycles. The Bertz CT molecular complexity index is 861. The van der Waals surface area contributed by atoms with E-state index in [4.69, 9.17) is 4.74 Å². The quantitative estimate of drug-likeness (QED) is 0.356. The second-order valence-corrected chi connectivity index (χ2v) is 6.42. The highest BCUT2D eigenvalue weighted by molar-refractivity contribution is 5.70. The first-order valence-electron chi connectivity index (χ1n) is 9.24. The molecule has 26 heavy (non-hydrogen) atoms. The summed E-state index contributed by atoms with van der Waals surface area (Å²) in [5.41, 5.74) is 1.35. The first-order chi connectivity index (χ1) is 12.7. The van der Waals surface area contributed by atoms with E-state index in [1.807, 2.05) is 6.07 Å². The molecule has 1 aromatic heterocycles. The zero-order chi connectivity index (χ0) is 18.4. The lowest BCUT2D eigenvalue weighted by molar-refractivity contribution is -0.664. The first-order valence-corrected chi connectivity index (χ1v) is 9.24. The van der Waals surface area contributed by atoms with Crippen molar-refractivity contribution in [3.63, 3.8) is 0 Å². The van der Waals surface area contributed by atoms with Crippen molar-refractivity contribution in [2.45, 2.75) is 45.4 Å². The normalized spacial score (nSPS) is 11.1. The summed E-state index contributed by atoms with van der Waals surface area (Å²) in [6.45, 7) is 2.83. The molecule has 0 saturated heterocycles. The van der Waals surface area contributed by atoms with Crippen molar-refractivity contribution in [1.29, 1.82) is 0 Å². The summed E-state index contributed by atoms with van der Waals surface area (Å²) >= 11 is 0. The molecule has 0 atom stereocenters. The topological polar surface area (TPSA) is 74.2 Å². The van der Waals surface area contributed by atoms with Crippen molar-refractivity contribution in [3.05, 3.63) is 47.7 Å². The van der Waals surface area contributed by atoms with Gasteiger partial charge in [0.25, 0.3) is 0 Å². The van der Waals surface area contributed by atoms with E-state index in [0.29, 0.717) is 33.9 Å². The van der Waals surface area contributed by atoms with Gasteiger partial charge < -0.3 is 15.1 Å². The number of ether oxygens (including phenoxy) is 1. The summed E-state index contributed by atoms with van der Waals surface area (Å²) in [6, 6.07) is 12.0. The molecule has 0 amide bonds. The van der Waals surface area contributed by atoms with Crippen LogP contribution in [0.1, 0.15) is 45.4 Å². The minimum absolute atomic E-state index is 0.0390. The maximum Gasteiger partial charge on any atom is 0.250 e. The number of nitrogens with zero attached hydrogens (tertiary/aromatic N) is 3. The summed E-state index contributed by atoms with van der Waals surface area (Å²) in [6.07, 6.45) is 7.20. The molecule has 0 aliphatic rings. The average molecular weight is 355 g/mol. The Morgan fingerprint density at radius 2 is 1.85 bits per heavy atom. The van der Waals surface area contributed by atoms with Crippen molar-refractivity contribution in [3.8, 4) is 17.2 Å². The van der Waals surface area contributed by atoms with Crippen LogP contribution in [0.25, 0.3) is 16.7 Å². The molecule has 138 valence electrons. The van der Waals surface area contributed by atoms with Crippen LogP contribution in [0.4, 0.5) is 0 Å². The van der Waals surface area contributed by atoms with Crippen molar-refractivity contribution in [1.82, 2.24) is 9.90 Å². The van der Waals surface area contributed by atoms with E-state index < -0.39 is 0 Å². The van der Waals surface area contributed by atoms with Gasteiger partial charge in [0.1, 0.15) is 5.75 Å². The van der Waals surface area contributed by atoms with Gasteiger partial charge in [0.05, 0.1) is 11.7 Å². The van der Waals surface area contributed by atoms with Gasteiger partial charge in [-0.2, -0.15) is 0 Å². The third kappa shape index (κ3) is 4.07. The maximum absolute atomic E-state index is 12.4. The monoisotopic (exact) mass is 355 g/mol. The fourth-order valence-corrected chi connectivity index (χ4v) is 2.94. The standard InChI is InChI=1S/C20H25N3O3/c1-2-3-4-5-6-9-14-26-16-12-13-19(20(24)15-16)22-21-17-10-7-8-11-18(17)23(22)25/h7-8,10-13,15,24H,2-6,9,14H2,1H3. The number of rotatable bonds is 9. The summed E-state index contributed by atoms with van der Waals surface area (Å²) in [4.78, 5) is 1.82. The van der Waals surface area contributed by atoms with E-state index in [-0.39, 0.29) is 5.75 Å². The summed E-state index contributed by atoms with van der Waals surface area (Å²) in [5, 5.41) is 26.9. The molecular formula is C20H25N3O3. The lowest BCUT2D eigenvalue weighted by Crippen LogP contribution is -2.37. The Labute approximate surface area is 153 Å². The van der Waals surface area contributed by atoms with Crippen LogP contribution in [-0.2, 0) is 0 Å². The largest absolute Gasteiger partial charge is 0.692 e. The number of aromatic nitrogens is 3. The number of aromatic hydroxyl groups is 1. The molecule has 0 saturated carbocycles. The number of hydrogen-bond acceptors (Lipinski definition) is 4. The molecule has 2 aromatic carbocycles. The van der Waals surface area contributed by atoms with Gasteiger partial charge in [-0.3, -0.25) is 0 Å². The molecule has 0 aliphatic heterocycles. The van der Waals surface area contributed by atoms with Crippen LogP contribution in [0, 0.1) is 5.21 Å². The highest BCUT2D eigenvalue weighted by Gasteiger charge is 2.18. The Morgan fingerprint density at radius 3 is 2.62 bits per heavy atom. The van der Waals surface area contributed by atoms with Crippen LogP contribution in [0.5, 0.6) is 11.5 Å². The van der Waals surface area contributed by atoms with Gasteiger partial charge >= 0.3 is 0 Å². The lowest BCUT2D eigenvalue weighted by atomic mass is 10.1. The van der Waals surface area contributed by atoms with E-state index in [0.717, 1.165) is 17.6 Å². The van der Waals surface area contributed by atoms with Gasteiger partial charge in [0, 0.05) is 6.07 Å². The van der Waals surface area contributed by atoms with Crippen molar-refractivity contribution >= 4 is 11.0 Å². The van der Waals surface area contributed by atoms with E-state index in [2.05, 4.69) is 12.0 Å². The van der Waals surface area contributed by atoms with Gasteiger partial charge in [-0.25, -0.2) is 0 Å². The van der Waals surface area contributed by atoms with E-state index >= 15 is 0 Å². The smallest absolute Gasteiger partial charge is 0.250 e. The minimum Gasteiger partial charge on any atom is -0.692 e. The predicted octanol–water partition coefficient (Wildman–Crippen LogP) is 4.10. The Hall–Kier alpha value is -2.76. The van der Waals surface area contributed by atoms with Crippen LogP contribution in [-0.4, -0.2) is 21.6 Å². The van der Waals surface area contributed by atoms with Crippen molar-refractivity contribution < 1.29 is 14.7 Å². The zero-order valence-electron chi connectivity index (χ0n) is 15.1. The number of unbranched alkanes of at least 4 members (excludes halogenated alkanes) is 5. The summed E-state index contributed by atoms with van der Waals surface area (Å²) in [7, 11) is 0. The van der Waals surface area contributed by atoms with E-state index in [1.165, 1.54) is 31.7 Å². The molecule has 0 unspecified atom stereocenters. The Kier molecular flexibility index (Phi) is 5.94. The van der Waals surface area contributed by atoms with E-state index in [1.54, 1.807) is 30.3 Å². The average Bonchev–Trinajstić information content (AvgIpc) is 2.98. The van der Waals surface area contributed by atoms with Crippen LogP contribution < -0.4 is 9.58 Å². The van der Waals surface area contributed by atoms with Crippen LogP contribution >= 0.6 is 0 Å². The lowest BCUT2D eigenvalue weighted by Gasteiger charge is -2.09. The number of benzene rings is 2. The molecule has 0 aliphatic carbocycles. The number of phenols is 1. The van der Waals surface area contributed by atoms with Gasteiger partial charge in [0.2, 0.25) is 11.0 Å². The summed E-state index contributed by atoms with van der Waals surface area (Å²) < 4.78 is 5.70. The van der Waals surface area contributed by atoms with Gasteiger partial charge in [0.15, 0.2) is 11.4 Å². The van der Waals surface area contributed by atoms with Crippen molar-refractivity contribution in [2.75, 3.05) is 6.61 Å². The molecule has 0 spiro atoms. The second kappa shape index (κ2) is 8.56. The minimum atomic E-state index is -0.0390. The molecule has 3 rings (SSSR count). The van der Waals surface area contributed by atoms with E-state index in [9.17, 15) is 10.3 Å². The molecule has 0 radical (unpaired) electrons. The fraction of sp³-hybridized carbons (Fsp3) is 0.400. The molecule has 0 fully saturated rings. The van der Waals surface area contributed by atoms with Gasteiger partial charge in [-0.05, 0) is 35.5 Å². The molecule has 1 N–H and O–H groups in total.